The summed E-state index contributed by atoms with van der Waals surface area (Å²) in [5.74, 6) is -1.23. The zero-order chi connectivity index (χ0) is 18.8. The number of anilines is 1. The molecule has 25 heavy (non-hydrogen) atoms. The Labute approximate surface area is 151 Å². The number of benzene rings is 1. The van der Waals surface area contributed by atoms with Gasteiger partial charge in [-0.3, -0.25) is 9.69 Å². The number of carbonyl (C=O) groups excluding carboxylic acids is 2. The lowest BCUT2D eigenvalue weighted by Gasteiger charge is -2.23. The van der Waals surface area contributed by atoms with E-state index in [0.717, 1.165) is 6.07 Å². The first-order valence-electron chi connectivity index (χ1n) is 7.73. The standard InChI is InChI=1S/C16H21FN4O3S/c1-10(25)18-8-12-9-20(16(23)24-12)11-5-6-13(14(17)7-11)15(22)19-21(2,3)4/h5-7,12H,8-9H2,1-4H3,(H-,18,19,22,25)/p+1/t12-/m0/s1. The lowest BCUT2D eigenvalue weighted by molar-refractivity contribution is -0.905. The van der Waals surface area contributed by atoms with E-state index in [4.69, 9.17) is 17.0 Å². The third-order valence-electron chi connectivity index (χ3n) is 3.40. The van der Waals surface area contributed by atoms with Crippen LogP contribution in [0.15, 0.2) is 18.2 Å². The molecule has 1 heterocycles. The van der Waals surface area contributed by atoms with Crippen molar-refractivity contribution in [2.75, 3.05) is 39.1 Å². The van der Waals surface area contributed by atoms with E-state index in [9.17, 15) is 14.0 Å². The van der Waals surface area contributed by atoms with Crippen molar-refractivity contribution in [2.45, 2.75) is 13.0 Å². The fraction of sp³-hybridized carbons (Fsp3) is 0.438. The molecule has 2 N–H and O–H groups in total. The summed E-state index contributed by atoms with van der Waals surface area (Å²) in [4.78, 5) is 26.0. The quantitative estimate of drug-likeness (QED) is 0.467. The van der Waals surface area contributed by atoms with E-state index in [2.05, 4.69) is 10.7 Å². The van der Waals surface area contributed by atoms with Gasteiger partial charge < -0.3 is 10.1 Å². The minimum Gasteiger partial charge on any atom is -0.442 e. The van der Waals surface area contributed by atoms with Crippen LogP contribution in [-0.4, -0.2) is 61.9 Å². The number of nitrogens with one attached hydrogen (secondary N) is 2. The lowest BCUT2D eigenvalue weighted by atomic mass is 10.1. The number of quaternary nitrogens is 1. The summed E-state index contributed by atoms with van der Waals surface area (Å²) in [6.45, 7) is 2.40. The van der Waals surface area contributed by atoms with Crippen molar-refractivity contribution in [2.24, 2.45) is 0 Å². The summed E-state index contributed by atoms with van der Waals surface area (Å²) < 4.78 is 19.7. The van der Waals surface area contributed by atoms with Crippen LogP contribution < -0.4 is 15.6 Å². The Balaban J connectivity index is 2.11. The van der Waals surface area contributed by atoms with Crippen LogP contribution >= 0.6 is 12.2 Å². The van der Waals surface area contributed by atoms with Gasteiger partial charge in [-0.25, -0.2) is 13.8 Å². The van der Waals surface area contributed by atoms with Crippen molar-refractivity contribution >= 4 is 34.9 Å². The van der Waals surface area contributed by atoms with Crippen LogP contribution in [-0.2, 0) is 4.74 Å². The van der Waals surface area contributed by atoms with Gasteiger partial charge in [0.05, 0.1) is 50.5 Å². The molecule has 0 bridgehead atoms. The normalized spacial score (nSPS) is 17.2. The van der Waals surface area contributed by atoms with Crippen LogP contribution in [0.1, 0.15) is 17.3 Å². The van der Waals surface area contributed by atoms with Gasteiger partial charge >= 0.3 is 6.09 Å². The van der Waals surface area contributed by atoms with E-state index in [0.29, 0.717) is 17.2 Å². The van der Waals surface area contributed by atoms with Gasteiger partial charge in [-0.05, 0) is 25.1 Å². The van der Waals surface area contributed by atoms with Gasteiger partial charge in [0.15, 0.2) is 0 Å². The maximum atomic E-state index is 14.3. The van der Waals surface area contributed by atoms with Crippen LogP contribution in [0.4, 0.5) is 14.9 Å². The van der Waals surface area contributed by atoms with Crippen molar-refractivity contribution in [3.63, 3.8) is 0 Å². The summed E-state index contributed by atoms with van der Waals surface area (Å²) in [7, 11) is 5.25. The van der Waals surface area contributed by atoms with Gasteiger partial charge in [0, 0.05) is 0 Å². The Morgan fingerprint density at radius 3 is 2.68 bits per heavy atom. The number of ether oxygens (including phenoxy) is 1. The average molecular weight is 369 g/mol. The van der Waals surface area contributed by atoms with Crippen molar-refractivity contribution in [3.8, 4) is 0 Å². The molecule has 1 atom stereocenters. The number of hydrogen-bond donors (Lipinski definition) is 2. The van der Waals surface area contributed by atoms with E-state index >= 15 is 0 Å². The van der Waals surface area contributed by atoms with Crippen molar-refractivity contribution in [1.82, 2.24) is 10.7 Å². The molecule has 1 saturated heterocycles. The minimum atomic E-state index is -0.701. The number of hydrogen-bond acceptors (Lipinski definition) is 4. The predicted molar refractivity (Wildman–Crippen MR) is 95.8 cm³/mol. The monoisotopic (exact) mass is 369 g/mol. The van der Waals surface area contributed by atoms with Gasteiger partial charge in [0.1, 0.15) is 11.9 Å². The summed E-state index contributed by atoms with van der Waals surface area (Å²) in [6, 6.07) is 4.04. The highest BCUT2D eigenvalue weighted by Gasteiger charge is 2.33. The second-order valence-corrected chi connectivity index (χ2v) is 7.28. The SMILES string of the molecule is CC(=S)NC[C@H]1CN(c2ccc(C(=O)N[N+](C)(C)C)c(F)c2)C(=O)O1. The van der Waals surface area contributed by atoms with E-state index in [1.165, 1.54) is 17.0 Å². The molecule has 2 rings (SSSR count). The molecule has 136 valence electrons. The average Bonchev–Trinajstić information content (AvgIpc) is 2.84. The van der Waals surface area contributed by atoms with Crippen LogP contribution in [0.25, 0.3) is 0 Å². The summed E-state index contributed by atoms with van der Waals surface area (Å²) >= 11 is 4.92. The molecule has 1 aromatic carbocycles. The number of amides is 2. The van der Waals surface area contributed by atoms with Gasteiger partial charge in [0.2, 0.25) is 0 Å². The summed E-state index contributed by atoms with van der Waals surface area (Å²) in [6.07, 6.45) is -0.939. The molecule has 0 spiro atoms. The number of rotatable bonds is 5. The molecule has 7 nitrogen and oxygen atoms in total. The highest BCUT2D eigenvalue weighted by Crippen LogP contribution is 2.24. The number of halogens is 1. The van der Waals surface area contributed by atoms with Gasteiger partial charge in [-0.1, -0.05) is 12.2 Å². The number of thiocarbonyl (C=S) groups is 1. The molecule has 1 aliphatic rings. The lowest BCUT2D eigenvalue weighted by Crippen LogP contribution is -2.51. The molecule has 0 aromatic heterocycles. The van der Waals surface area contributed by atoms with Crippen LogP contribution in [0.3, 0.4) is 0 Å². The molecule has 0 radical (unpaired) electrons. The van der Waals surface area contributed by atoms with Crippen molar-refractivity contribution < 1.29 is 23.3 Å². The minimum absolute atomic E-state index is 0.0843. The number of nitrogens with zero attached hydrogens (tertiary/aromatic N) is 2. The highest BCUT2D eigenvalue weighted by molar-refractivity contribution is 7.80. The summed E-state index contributed by atoms with van der Waals surface area (Å²) in [5, 5.41) is 2.94. The maximum absolute atomic E-state index is 14.3. The molecule has 9 heteroatoms. The highest BCUT2D eigenvalue weighted by atomic mass is 32.1. The smallest absolute Gasteiger partial charge is 0.414 e. The third-order valence-corrected chi connectivity index (χ3v) is 3.54. The van der Waals surface area contributed by atoms with Gasteiger partial charge in [0.25, 0.3) is 5.91 Å². The molecule has 1 aromatic rings. The Hall–Kier alpha value is -2.26. The molecule has 1 fully saturated rings. The van der Waals surface area contributed by atoms with Crippen LogP contribution in [0, 0.1) is 5.82 Å². The van der Waals surface area contributed by atoms with Crippen molar-refractivity contribution in [3.05, 3.63) is 29.6 Å². The van der Waals surface area contributed by atoms with Gasteiger partial charge in [-0.2, -0.15) is 5.43 Å². The molecule has 1 aliphatic heterocycles. The number of cyclic esters (lactones) is 1. The van der Waals surface area contributed by atoms with E-state index in [1.54, 1.807) is 28.1 Å². The molecular formula is C16H22FN4O3S+. The van der Waals surface area contributed by atoms with Crippen molar-refractivity contribution in [1.29, 1.82) is 0 Å². The van der Waals surface area contributed by atoms with E-state index < -0.39 is 17.8 Å². The topological polar surface area (TPSA) is 70.7 Å². The Bertz CT molecular complexity index is 705. The summed E-state index contributed by atoms with van der Waals surface area (Å²) in [5.41, 5.74) is 2.90. The fourth-order valence-corrected chi connectivity index (χ4v) is 2.40. The van der Waals surface area contributed by atoms with E-state index in [-0.39, 0.29) is 22.8 Å². The molecular weight excluding hydrogens is 347 g/mol. The molecule has 0 saturated carbocycles. The maximum Gasteiger partial charge on any atom is 0.414 e. The predicted octanol–water partition coefficient (Wildman–Crippen LogP) is 1.44. The number of carbonyl (C=O) groups is 2. The Morgan fingerprint density at radius 2 is 2.12 bits per heavy atom. The fourth-order valence-electron chi connectivity index (χ4n) is 2.32. The van der Waals surface area contributed by atoms with Gasteiger partial charge in [-0.15, -0.1) is 0 Å². The first-order chi connectivity index (χ1) is 11.6. The zero-order valence-corrected chi connectivity index (χ0v) is 15.4. The molecule has 0 aliphatic carbocycles. The van der Waals surface area contributed by atoms with Crippen LogP contribution in [0.5, 0.6) is 0 Å². The first kappa shape index (κ1) is 19.1. The zero-order valence-electron chi connectivity index (χ0n) is 14.6. The second kappa shape index (κ2) is 7.32. The molecule has 0 unspecified atom stereocenters. The molecule has 2 amide bonds. The second-order valence-electron chi connectivity index (χ2n) is 6.67. The Kier molecular flexibility index (Phi) is 5.58. The third kappa shape index (κ3) is 5.10. The largest absolute Gasteiger partial charge is 0.442 e. The first-order valence-corrected chi connectivity index (χ1v) is 8.14. The van der Waals surface area contributed by atoms with Crippen LogP contribution in [0.2, 0.25) is 0 Å². The Morgan fingerprint density at radius 1 is 1.44 bits per heavy atom. The van der Waals surface area contributed by atoms with E-state index in [1.807, 2.05) is 0 Å².